The highest BCUT2D eigenvalue weighted by molar-refractivity contribution is 6.18. The van der Waals surface area contributed by atoms with Crippen LogP contribution < -0.4 is 5.32 Å². The van der Waals surface area contributed by atoms with Crippen molar-refractivity contribution in [1.82, 2.24) is 20.0 Å². The fourth-order valence-corrected chi connectivity index (χ4v) is 2.80. The van der Waals surface area contributed by atoms with Crippen molar-refractivity contribution in [2.45, 2.75) is 37.9 Å². The third kappa shape index (κ3) is 17.2. The van der Waals surface area contributed by atoms with Crippen LogP contribution in [0.25, 0.3) is 0 Å². The normalized spacial score (nSPS) is 20.0. The van der Waals surface area contributed by atoms with Gasteiger partial charge >= 0.3 is 0 Å². The summed E-state index contributed by atoms with van der Waals surface area (Å²) in [5.41, 5.74) is 0. The van der Waals surface area contributed by atoms with Crippen molar-refractivity contribution < 1.29 is 10.2 Å². The summed E-state index contributed by atoms with van der Waals surface area (Å²) in [5.74, 6) is 0.729. The Kier molecular flexibility index (Phi) is 16.3. The lowest BCUT2D eigenvalue weighted by molar-refractivity contribution is 0.0795. The van der Waals surface area contributed by atoms with Gasteiger partial charge in [-0.3, -0.25) is 0 Å². The number of hydrogen-bond donors (Lipinski definition) is 3. The number of alkyl halides is 1. The van der Waals surface area contributed by atoms with E-state index in [0.29, 0.717) is 0 Å². The average Bonchev–Trinajstić information content (AvgIpc) is 2.56. The molecule has 0 aliphatic carbocycles. The van der Waals surface area contributed by atoms with Gasteiger partial charge in [0.1, 0.15) is 0 Å². The van der Waals surface area contributed by atoms with Gasteiger partial charge in [-0.25, -0.2) is 0 Å². The minimum absolute atomic E-state index is 0.0266. The summed E-state index contributed by atoms with van der Waals surface area (Å²) in [6.45, 7) is 7.34. The van der Waals surface area contributed by atoms with Gasteiger partial charge in [-0.05, 0) is 67.0 Å². The van der Waals surface area contributed by atoms with Crippen molar-refractivity contribution >= 4 is 11.6 Å². The first kappa shape index (κ1) is 25.1. The molecule has 0 amide bonds. The minimum atomic E-state index is -0.0411. The zero-order chi connectivity index (χ0) is 19.1. The van der Waals surface area contributed by atoms with Crippen LogP contribution in [0.3, 0.4) is 0 Å². The van der Waals surface area contributed by atoms with E-state index in [0.717, 1.165) is 77.4 Å². The molecule has 2 saturated heterocycles. The zero-order valence-corrected chi connectivity index (χ0v) is 17.5. The Hall–Kier alpha value is 0.0500. The van der Waals surface area contributed by atoms with Gasteiger partial charge in [0.25, 0.3) is 0 Å². The predicted octanol–water partition coefficient (Wildman–Crippen LogP) is 0.522. The number of nitrogens with zero attached hydrogens (tertiary/aromatic N) is 3. The van der Waals surface area contributed by atoms with Gasteiger partial charge < -0.3 is 30.2 Å². The molecule has 152 valence electrons. The highest BCUT2D eigenvalue weighted by Crippen LogP contribution is 2.08. The van der Waals surface area contributed by atoms with Crippen LogP contribution in [0.2, 0.25) is 0 Å². The van der Waals surface area contributed by atoms with E-state index in [1.807, 2.05) is 19.0 Å². The molecule has 2 aliphatic heterocycles. The zero-order valence-electron chi connectivity index (χ0n) is 16.8. The first-order valence-electron chi connectivity index (χ1n) is 9.49. The molecule has 0 saturated carbocycles. The Morgan fingerprint density at radius 3 is 1.68 bits per heavy atom. The maximum Gasteiger partial charge on any atom is 0.0564 e. The SMILES string of the molecule is CN(C)CCCl.CN(C)CCN1CCC(O)CC1.OC1CCNCC1. The molecule has 0 spiro atoms. The Morgan fingerprint density at radius 2 is 1.36 bits per heavy atom. The molecule has 0 aromatic rings. The van der Waals surface area contributed by atoms with Gasteiger partial charge in [-0.2, -0.15) is 0 Å². The molecule has 2 fully saturated rings. The van der Waals surface area contributed by atoms with Gasteiger partial charge in [0.2, 0.25) is 0 Å². The fraction of sp³-hybridized carbons (Fsp3) is 1.00. The number of likely N-dealkylation sites (N-methyl/N-ethyl adjacent to an activating group) is 1. The average molecular weight is 381 g/mol. The summed E-state index contributed by atoms with van der Waals surface area (Å²) in [6.07, 6.45) is 3.70. The molecule has 7 heteroatoms. The maximum atomic E-state index is 9.27. The number of hydrogen-bond acceptors (Lipinski definition) is 6. The van der Waals surface area contributed by atoms with E-state index in [2.05, 4.69) is 29.2 Å². The number of nitrogens with one attached hydrogen (secondary N) is 1. The molecular weight excluding hydrogens is 340 g/mol. The summed E-state index contributed by atoms with van der Waals surface area (Å²) < 4.78 is 0. The van der Waals surface area contributed by atoms with Crippen LogP contribution in [0.5, 0.6) is 0 Å². The summed E-state index contributed by atoms with van der Waals surface area (Å²) in [7, 11) is 8.20. The van der Waals surface area contributed by atoms with Crippen LogP contribution in [0.1, 0.15) is 25.7 Å². The fourth-order valence-electron chi connectivity index (χ4n) is 2.46. The third-order valence-electron chi connectivity index (χ3n) is 4.26. The number of rotatable bonds is 5. The predicted molar refractivity (Wildman–Crippen MR) is 108 cm³/mol. The molecule has 0 bridgehead atoms. The highest BCUT2D eigenvalue weighted by atomic mass is 35.5. The monoisotopic (exact) mass is 380 g/mol. The first-order valence-corrected chi connectivity index (χ1v) is 10.0. The number of likely N-dealkylation sites (tertiary alicyclic amines) is 1. The van der Waals surface area contributed by atoms with Crippen LogP contribution in [-0.4, -0.2) is 117 Å². The lowest BCUT2D eigenvalue weighted by Crippen LogP contribution is -2.39. The number of aliphatic hydroxyl groups is 2. The van der Waals surface area contributed by atoms with Crippen LogP contribution in [0.4, 0.5) is 0 Å². The summed E-state index contributed by atoms with van der Waals surface area (Å²) in [6, 6.07) is 0. The molecule has 2 aliphatic rings. The van der Waals surface area contributed by atoms with Crippen molar-refractivity contribution in [3.63, 3.8) is 0 Å². The van der Waals surface area contributed by atoms with E-state index < -0.39 is 0 Å². The van der Waals surface area contributed by atoms with Gasteiger partial charge in [-0.1, -0.05) is 0 Å². The second kappa shape index (κ2) is 16.2. The van der Waals surface area contributed by atoms with E-state index >= 15 is 0 Å². The van der Waals surface area contributed by atoms with Crippen LogP contribution in [0, 0.1) is 0 Å². The van der Waals surface area contributed by atoms with E-state index in [1.165, 1.54) is 0 Å². The lowest BCUT2D eigenvalue weighted by Gasteiger charge is -2.30. The van der Waals surface area contributed by atoms with Crippen LogP contribution >= 0.6 is 11.6 Å². The second-order valence-electron chi connectivity index (χ2n) is 7.35. The lowest BCUT2D eigenvalue weighted by atomic mass is 10.1. The van der Waals surface area contributed by atoms with Crippen LogP contribution in [0.15, 0.2) is 0 Å². The molecule has 0 unspecified atom stereocenters. The quantitative estimate of drug-likeness (QED) is 0.604. The second-order valence-corrected chi connectivity index (χ2v) is 7.73. The van der Waals surface area contributed by atoms with Gasteiger partial charge in [0.05, 0.1) is 12.2 Å². The molecule has 3 N–H and O–H groups in total. The first-order chi connectivity index (χ1) is 11.8. The van der Waals surface area contributed by atoms with Gasteiger partial charge in [0, 0.05) is 38.6 Å². The molecule has 25 heavy (non-hydrogen) atoms. The van der Waals surface area contributed by atoms with Crippen molar-refractivity contribution in [3.05, 3.63) is 0 Å². The van der Waals surface area contributed by atoms with Crippen LogP contribution in [-0.2, 0) is 0 Å². The summed E-state index contributed by atoms with van der Waals surface area (Å²) >= 11 is 5.35. The Labute approximate surface area is 160 Å². The molecule has 0 aromatic heterocycles. The van der Waals surface area contributed by atoms with Gasteiger partial charge in [-0.15, -0.1) is 11.6 Å². The number of halogens is 1. The molecule has 0 aromatic carbocycles. The Morgan fingerprint density at radius 1 is 0.880 bits per heavy atom. The molecule has 6 nitrogen and oxygen atoms in total. The van der Waals surface area contributed by atoms with Crippen molar-refractivity contribution in [2.75, 3.05) is 79.9 Å². The number of piperidine rings is 2. The van der Waals surface area contributed by atoms with Gasteiger partial charge in [0.15, 0.2) is 0 Å². The Balaban J connectivity index is 0.000000378. The standard InChI is InChI=1S/C9H20N2O.C5H11NO.C4H10ClN/c1-10(2)7-8-11-5-3-9(12)4-6-11;7-5-1-3-6-4-2-5;1-6(2)4-3-5/h9,12H,3-8H2,1-2H3;5-7H,1-4H2;3-4H2,1-2H3. The maximum absolute atomic E-state index is 9.27. The van der Waals surface area contributed by atoms with Crippen molar-refractivity contribution in [1.29, 1.82) is 0 Å². The third-order valence-corrected chi connectivity index (χ3v) is 4.43. The number of aliphatic hydroxyl groups excluding tert-OH is 2. The topological polar surface area (TPSA) is 62.2 Å². The summed E-state index contributed by atoms with van der Waals surface area (Å²) in [5, 5.41) is 21.3. The van der Waals surface area contributed by atoms with E-state index in [9.17, 15) is 5.11 Å². The molecule has 2 heterocycles. The van der Waals surface area contributed by atoms with E-state index in [1.54, 1.807) is 0 Å². The molecular formula is C18H41ClN4O2. The highest BCUT2D eigenvalue weighted by Gasteiger charge is 2.16. The smallest absolute Gasteiger partial charge is 0.0564 e. The molecule has 2 rings (SSSR count). The summed E-state index contributed by atoms with van der Waals surface area (Å²) in [4.78, 5) is 6.67. The van der Waals surface area contributed by atoms with E-state index in [4.69, 9.17) is 16.7 Å². The molecule has 0 radical (unpaired) electrons. The Bertz CT molecular complexity index is 282. The van der Waals surface area contributed by atoms with Crippen molar-refractivity contribution in [3.8, 4) is 0 Å². The molecule has 0 atom stereocenters. The largest absolute Gasteiger partial charge is 0.393 e. The minimum Gasteiger partial charge on any atom is -0.393 e. The van der Waals surface area contributed by atoms with Crippen molar-refractivity contribution in [2.24, 2.45) is 0 Å². The van der Waals surface area contributed by atoms with E-state index in [-0.39, 0.29) is 12.2 Å².